The minimum absolute atomic E-state index is 0.00633. The molecular formula is C23H22N2O5. The fourth-order valence-electron chi connectivity index (χ4n) is 3.44. The third-order valence-corrected chi connectivity index (χ3v) is 5.07. The van der Waals surface area contributed by atoms with Crippen molar-refractivity contribution in [3.8, 4) is 17.1 Å². The van der Waals surface area contributed by atoms with Gasteiger partial charge in [-0.3, -0.25) is 9.59 Å². The van der Waals surface area contributed by atoms with Crippen LogP contribution in [-0.2, 0) is 20.9 Å². The zero-order valence-electron chi connectivity index (χ0n) is 16.8. The molecule has 0 saturated carbocycles. The van der Waals surface area contributed by atoms with Gasteiger partial charge in [0, 0.05) is 30.3 Å². The molecule has 154 valence electrons. The van der Waals surface area contributed by atoms with Crippen LogP contribution < -0.4 is 9.64 Å². The third-order valence-electron chi connectivity index (χ3n) is 5.07. The van der Waals surface area contributed by atoms with Crippen molar-refractivity contribution in [2.75, 3.05) is 18.6 Å². The van der Waals surface area contributed by atoms with E-state index < -0.39 is 11.9 Å². The Morgan fingerprint density at radius 3 is 2.73 bits per heavy atom. The molecule has 0 spiro atoms. The molecule has 1 saturated heterocycles. The van der Waals surface area contributed by atoms with Crippen LogP contribution in [0.2, 0.25) is 0 Å². The predicted molar refractivity (Wildman–Crippen MR) is 110 cm³/mol. The van der Waals surface area contributed by atoms with Crippen molar-refractivity contribution in [2.24, 2.45) is 5.92 Å². The first-order valence-electron chi connectivity index (χ1n) is 9.67. The van der Waals surface area contributed by atoms with E-state index in [1.165, 1.54) is 0 Å². The molecule has 1 aromatic heterocycles. The van der Waals surface area contributed by atoms with E-state index in [0.29, 0.717) is 18.0 Å². The van der Waals surface area contributed by atoms with Crippen molar-refractivity contribution in [3.05, 3.63) is 65.9 Å². The molecule has 7 heteroatoms. The molecule has 1 atom stereocenters. The highest BCUT2D eigenvalue weighted by Crippen LogP contribution is 2.27. The number of anilines is 1. The standard InChI is InChI=1S/C23H22N2O5/c1-15-4-3-5-19(10-15)25-13-17(11-22(25)26)23(27)29-14-18-12-21(30-24-18)16-6-8-20(28-2)9-7-16/h3-10,12,17H,11,13-14H2,1-2H3. The lowest BCUT2D eigenvalue weighted by Crippen LogP contribution is -2.26. The lowest BCUT2D eigenvalue weighted by atomic mass is 10.1. The molecule has 4 rings (SSSR count). The maximum Gasteiger partial charge on any atom is 0.311 e. The van der Waals surface area contributed by atoms with Crippen molar-refractivity contribution in [3.63, 3.8) is 0 Å². The topological polar surface area (TPSA) is 81.9 Å². The number of ether oxygens (including phenoxy) is 2. The fraction of sp³-hybridized carbons (Fsp3) is 0.261. The average molecular weight is 406 g/mol. The van der Waals surface area contributed by atoms with Gasteiger partial charge in [0.25, 0.3) is 0 Å². The number of aryl methyl sites for hydroxylation is 1. The van der Waals surface area contributed by atoms with Gasteiger partial charge in [0.1, 0.15) is 18.1 Å². The van der Waals surface area contributed by atoms with Crippen molar-refractivity contribution in [1.82, 2.24) is 5.16 Å². The maximum absolute atomic E-state index is 12.5. The summed E-state index contributed by atoms with van der Waals surface area (Å²) in [6.07, 6.45) is 0.142. The van der Waals surface area contributed by atoms with Crippen LogP contribution in [0.5, 0.6) is 5.75 Å². The number of benzene rings is 2. The zero-order chi connectivity index (χ0) is 21.1. The van der Waals surface area contributed by atoms with Gasteiger partial charge in [0.2, 0.25) is 5.91 Å². The van der Waals surface area contributed by atoms with Gasteiger partial charge in [0.05, 0.1) is 13.0 Å². The lowest BCUT2D eigenvalue weighted by Gasteiger charge is -2.17. The first-order valence-corrected chi connectivity index (χ1v) is 9.67. The molecule has 7 nitrogen and oxygen atoms in total. The second kappa shape index (κ2) is 8.41. The molecule has 1 fully saturated rings. The molecule has 1 amide bonds. The normalized spacial score (nSPS) is 16.0. The van der Waals surface area contributed by atoms with E-state index in [1.54, 1.807) is 18.1 Å². The van der Waals surface area contributed by atoms with Crippen LogP contribution in [0.15, 0.2) is 59.1 Å². The van der Waals surface area contributed by atoms with Gasteiger partial charge in [-0.05, 0) is 48.9 Å². The molecule has 1 aliphatic rings. The summed E-state index contributed by atoms with van der Waals surface area (Å²) in [5.41, 5.74) is 3.21. The number of hydrogen-bond acceptors (Lipinski definition) is 6. The molecule has 0 aliphatic carbocycles. The van der Waals surface area contributed by atoms with Crippen LogP contribution in [0.1, 0.15) is 17.7 Å². The highest BCUT2D eigenvalue weighted by Gasteiger charge is 2.36. The average Bonchev–Trinajstić information content (AvgIpc) is 3.39. The Kier molecular flexibility index (Phi) is 5.52. The van der Waals surface area contributed by atoms with E-state index in [4.69, 9.17) is 14.0 Å². The summed E-state index contributed by atoms with van der Waals surface area (Å²) >= 11 is 0. The smallest absolute Gasteiger partial charge is 0.311 e. The number of methoxy groups -OCH3 is 1. The predicted octanol–water partition coefficient (Wildman–Crippen LogP) is 3.75. The summed E-state index contributed by atoms with van der Waals surface area (Å²) in [7, 11) is 1.61. The van der Waals surface area contributed by atoms with Crippen molar-refractivity contribution >= 4 is 17.6 Å². The number of amides is 1. The van der Waals surface area contributed by atoms with E-state index >= 15 is 0 Å². The van der Waals surface area contributed by atoms with Crippen LogP contribution in [0.25, 0.3) is 11.3 Å². The highest BCUT2D eigenvalue weighted by atomic mass is 16.5. The highest BCUT2D eigenvalue weighted by molar-refractivity contribution is 5.99. The van der Waals surface area contributed by atoms with Gasteiger partial charge >= 0.3 is 5.97 Å². The van der Waals surface area contributed by atoms with Gasteiger partial charge in [-0.15, -0.1) is 0 Å². The summed E-state index contributed by atoms with van der Waals surface area (Å²) < 4.78 is 15.9. The number of rotatable bonds is 6. The van der Waals surface area contributed by atoms with Crippen LogP contribution in [0, 0.1) is 12.8 Å². The number of hydrogen-bond donors (Lipinski definition) is 0. The number of esters is 1. The van der Waals surface area contributed by atoms with Crippen molar-refractivity contribution in [2.45, 2.75) is 20.0 Å². The summed E-state index contributed by atoms with van der Waals surface area (Å²) in [5.74, 6) is 0.341. The molecule has 30 heavy (non-hydrogen) atoms. The fourth-order valence-corrected chi connectivity index (χ4v) is 3.44. The molecule has 2 aromatic carbocycles. The second-order valence-electron chi connectivity index (χ2n) is 7.26. The lowest BCUT2D eigenvalue weighted by molar-refractivity contribution is -0.149. The van der Waals surface area contributed by atoms with Crippen LogP contribution >= 0.6 is 0 Å². The Morgan fingerprint density at radius 1 is 1.20 bits per heavy atom. The molecular weight excluding hydrogens is 384 g/mol. The van der Waals surface area contributed by atoms with Gasteiger partial charge < -0.3 is 18.9 Å². The summed E-state index contributed by atoms with van der Waals surface area (Å²) in [6.45, 7) is 2.28. The van der Waals surface area contributed by atoms with E-state index in [0.717, 1.165) is 22.6 Å². The Bertz CT molecular complexity index is 1060. The number of aromatic nitrogens is 1. The van der Waals surface area contributed by atoms with E-state index in [-0.39, 0.29) is 18.9 Å². The second-order valence-corrected chi connectivity index (χ2v) is 7.26. The first-order chi connectivity index (χ1) is 14.5. The van der Waals surface area contributed by atoms with Crippen molar-refractivity contribution < 1.29 is 23.6 Å². The van der Waals surface area contributed by atoms with Gasteiger partial charge in [-0.1, -0.05) is 17.3 Å². The van der Waals surface area contributed by atoms with Gasteiger partial charge in [0.15, 0.2) is 5.76 Å². The summed E-state index contributed by atoms with van der Waals surface area (Å²) in [6, 6.07) is 16.8. The van der Waals surface area contributed by atoms with Crippen molar-refractivity contribution in [1.29, 1.82) is 0 Å². The van der Waals surface area contributed by atoms with Gasteiger partial charge in [-0.2, -0.15) is 0 Å². The molecule has 0 radical (unpaired) electrons. The van der Waals surface area contributed by atoms with Crippen LogP contribution in [0.4, 0.5) is 5.69 Å². The van der Waals surface area contributed by atoms with E-state index in [2.05, 4.69) is 5.16 Å². The molecule has 1 unspecified atom stereocenters. The molecule has 2 heterocycles. The van der Waals surface area contributed by atoms with E-state index in [1.807, 2.05) is 55.5 Å². The minimum Gasteiger partial charge on any atom is -0.497 e. The SMILES string of the molecule is COc1ccc(-c2cc(COC(=O)C3CC(=O)N(c4cccc(C)c4)C3)no2)cc1. The Morgan fingerprint density at radius 2 is 2.00 bits per heavy atom. The third kappa shape index (κ3) is 4.20. The quantitative estimate of drug-likeness (QED) is 0.580. The monoisotopic (exact) mass is 406 g/mol. The first kappa shape index (κ1) is 19.7. The van der Waals surface area contributed by atoms with Crippen LogP contribution in [-0.4, -0.2) is 30.7 Å². The minimum atomic E-state index is -0.494. The number of nitrogens with zero attached hydrogens (tertiary/aromatic N) is 2. The Balaban J connectivity index is 1.35. The van der Waals surface area contributed by atoms with E-state index in [9.17, 15) is 9.59 Å². The number of carbonyl (C=O) groups excluding carboxylic acids is 2. The molecule has 1 aliphatic heterocycles. The summed E-state index contributed by atoms with van der Waals surface area (Å²) in [5, 5.41) is 3.96. The summed E-state index contributed by atoms with van der Waals surface area (Å²) in [4.78, 5) is 26.5. The van der Waals surface area contributed by atoms with Gasteiger partial charge in [-0.25, -0.2) is 0 Å². The number of carbonyl (C=O) groups is 2. The molecule has 3 aromatic rings. The Hall–Kier alpha value is -3.61. The van der Waals surface area contributed by atoms with Crippen LogP contribution in [0.3, 0.4) is 0 Å². The zero-order valence-corrected chi connectivity index (χ0v) is 16.8. The largest absolute Gasteiger partial charge is 0.497 e. The molecule has 0 N–H and O–H groups in total. The Labute approximate surface area is 174 Å². The maximum atomic E-state index is 12.5. The molecule has 0 bridgehead atoms.